The molecule has 1 saturated carbocycles. The number of anilines is 1. The lowest BCUT2D eigenvalue weighted by atomic mass is 10.1. The van der Waals surface area contributed by atoms with Crippen LogP contribution < -0.4 is 5.32 Å². The Balaban J connectivity index is 1.60. The number of aromatic nitrogens is 1. The van der Waals surface area contributed by atoms with Gasteiger partial charge < -0.3 is 14.7 Å². The van der Waals surface area contributed by atoms with E-state index in [2.05, 4.69) is 29.5 Å². The summed E-state index contributed by atoms with van der Waals surface area (Å²) in [6.07, 6.45) is 5.28. The highest BCUT2D eigenvalue weighted by Crippen LogP contribution is 2.48. The summed E-state index contributed by atoms with van der Waals surface area (Å²) < 4.78 is 4.71. The number of carbonyl (C=O) groups is 2. The molecule has 1 aromatic heterocycles. The Morgan fingerprint density at radius 2 is 2.04 bits per heavy atom. The first-order valence-electron chi connectivity index (χ1n) is 9.23. The van der Waals surface area contributed by atoms with Crippen molar-refractivity contribution >= 4 is 17.6 Å². The Labute approximate surface area is 153 Å². The van der Waals surface area contributed by atoms with E-state index in [4.69, 9.17) is 4.52 Å². The number of carbonyl (C=O) groups excluding carboxylic acids is 2. The summed E-state index contributed by atoms with van der Waals surface area (Å²) in [6.45, 7) is 2.78. The number of amides is 2. The van der Waals surface area contributed by atoms with Crippen molar-refractivity contribution in [1.82, 2.24) is 10.1 Å². The fourth-order valence-electron chi connectivity index (χ4n) is 3.22. The SMILES string of the molecule is CCCCCN(CC(=O)Nc1ccon1)C(=O)C1CC1c1ccccc1. The van der Waals surface area contributed by atoms with Crippen molar-refractivity contribution in [3.63, 3.8) is 0 Å². The monoisotopic (exact) mass is 355 g/mol. The summed E-state index contributed by atoms with van der Waals surface area (Å²) in [5.74, 6) is 0.449. The van der Waals surface area contributed by atoms with Gasteiger partial charge in [-0.05, 0) is 24.3 Å². The molecular weight excluding hydrogens is 330 g/mol. The number of nitrogens with zero attached hydrogens (tertiary/aromatic N) is 2. The Kier molecular flexibility index (Phi) is 6.04. The van der Waals surface area contributed by atoms with Crippen LogP contribution in [-0.4, -0.2) is 35.0 Å². The summed E-state index contributed by atoms with van der Waals surface area (Å²) in [4.78, 5) is 26.9. The molecule has 1 N–H and O–H groups in total. The molecule has 1 heterocycles. The van der Waals surface area contributed by atoms with E-state index in [1.54, 1.807) is 11.0 Å². The van der Waals surface area contributed by atoms with Crippen LogP contribution in [0.3, 0.4) is 0 Å². The van der Waals surface area contributed by atoms with E-state index >= 15 is 0 Å². The summed E-state index contributed by atoms with van der Waals surface area (Å²) in [5.41, 5.74) is 1.20. The van der Waals surface area contributed by atoms with Crippen LogP contribution in [0.15, 0.2) is 47.2 Å². The summed E-state index contributed by atoms with van der Waals surface area (Å²) in [6, 6.07) is 11.7. The lowest BCUT2D eigenvalue weighted by Gasteiger charge is -2.22. The molecule has 6 nitrogen and oxygen atoms in total. The van der Waals surface area contributed by atoms with E-state index in [1.807, 2.05) is 18.2 Å². The van der Waals surface area contributed by atoms with Gasteiger partial charge in [-0.15, -0.1) is 0 Å². The van der Waals surface area contributed by atoms with Crippen molar-refractivity contribution in [3.8, 4) is 0 Å². The number of rotatable bonds is 9. The van der Waals surface area contributed by atoms with Crippen LogP contribution in [0.4, 0.5) is 5.82 Å². The molecule has 6 heteroatoms. The maximum atomic E-state index is 12.9. The third kappa shape index (κ3) is 4.71. The second kappa shape index (κ2) is 8.65. The first-order chi connectivity index (χ1) is 12.7. The largest absolute Gasteiger partial charge is 0.363 e. The number of unbranched alkanes of at least 4 members (excludes halogenated alkanes) is 2. The molecule has 0 saturated heterocycles. The molecule has 2 aromatic rings. The zero-order valence-electron chi connectivity index (χ0n) is 15.1. The highest BCUT2D eigenvalue weighted by atomic mass is 16.5. The predicted octanol–water partition coefficient (Wildman–Crippen LogP) is 3.44. The van der Waals surface area contributed by atoms with E-state index in [9.17, 15) is 9.59 Å². The smallest absolute Gasteiger partial charge is 0.245 e. The molecule has 0 aliphatic heterocycles. The number of benzene rings is 1. The average molecular weight is 355 g/mol. The Hall–Kier alpha value is -2.63. The van der Waals surface area contributed by atoms with Crippen LogP contribution in [0.25, 0.3) is 0 Å². The first-order valence-corrected chi connectivity index (χ1v) is 9.23. The van der Waals surface area contributed by atoms with Gasteiger partial charge in [-0.25, -0.2) is 0 Å². The van der Waals surface area contributed by atoms with Gasteiger partial charge in [0, 0.05) is 18.5 Å². The number of nitrogens with one attached hydrogen (secondary N) is 1. The van der Waals surface area contributed by atoms with E-state index in [0.29, 0.717) is 12.4 Å². The van der Waals surface area contributed by atoms with Crippen LogP contribution in [-0.2, 0) is 9.59 Å². The third-order valence-corrected chi connectivity index (χ3v) is 4.72. The van der Waals surface area contributed by atoms with Gasteiger partial charge in [-0.3, -0.25) is 9.59 Å². The molecule has 2 atom stereocenters. The molecule has 1 aliphatic carbocycles. The lowest BCUT2D eigenvalue weighted by Crippen LogP contribution is -2.39. The first kappa shape index (κ1) is 18.2. The molecule has 0 spiro atoms. The topological polar surface area (TPSA) is 75.4 Å². The molecule has 0 bridgehead atoms. The van der Waals surface area contributed by atoms with Gasteiger partial charge in [0.05, 0.1) is 6.54 Å². The van der Waals surface area contributed by atoms with Crippen LogP contribution in [0, 0.1) is 5.92 Å². The standard InChI is InChI=1S/C20H25N3O3/c1-2-3-7-11-23(14-19(24)21-18-10-12-26-22-18)20(25)17-13-16(17)15-8-5-4-6-9-15/h4-6,8-10,12,16-17H,2-3,7,11,13-14H2,1H3,(H,21,22,24). The van der Waals surface area contributed by atoms with Crippen LogP contribution in [0.5, 0.6) is 0 Å². The lowest BCUT2D eigenvalue weighted by molar-refractivity contribution is -0.136. The fourth-order valence-corrected chi connectivity index (χ4v) is 3.22. The number of hydrogen-bond donors (Lipinski definition) is 1. The van der Waals surface area contributed by atoms with Crippen molar-refractivity contribution in [1.29, 1.82) is 0 Å². The van der Waals surface area contributed by atoms with Crippen molar-refractivity contribution in [2.75, 3.05) is 18.4 Å². The Bertz CT molecular complexity index is 715. The van der Waals surface area contributed by atoms with E-state index in [-0.39, 0.29) is 30.2 Å². The molecule has 138 valence electrons. The average Bonchev–Trinajstić information content (AvgIpc) is 3.30. The minimum Gasteiger partial charge on any atom is -0.363 e. The van der Waals surface area contributed by atoms with E-state index < -0.39 is 0 Å². The van der Waals surface area contributed by atoms with Crippen LogP contribution in [0.2, 0.25) is 0 Å². The van der Waals surface area contributed by atoms with Crippen molar-refractivity contribution in [2.45, 2.75) is 38.5 Å². The van der Waals surface area contributed by atoms with Gasteiger partial charge >= 0.3 is 0 Å². The quantitative estimate of drug-likeness (QED) is 0.699. The maximum Gasteiger partial charge on any atom is 0.245 e. The van der Waals surface area contributed by atoms with Gasteiger partial charge in [0.1, 0.15) is 6.26 Å². The molecule has 1 fully saturated rings. The van der Waals surface area contributed by atoms with Crippen molar-refractivity contribution < 1.29 is 14.1 Å². The maximum absolute atomic E-state index is 12.9. The summed E-state index contributed by atoms with van der Waals surface area (Å²) >= 11 is 0. The second-order valence-electron chi connectivity index (χ2n) is 6.76. The molecule has 3 rings (SSSR count). The van der Waals surface area contributed by atoms with E-state index in [0.717, 1.165) is 25.7 Å². The third-order valence-electron chi connectivity index (χ3n) is 4.72. The van der Waals surface area contributed by atoms with Gasteiger partial charge in [-0.1, -0.05) is 55.3 Å². The van der Waals surface area contributed by atoms with Crippen LogP contribution in [0.1, 0.15) is 44.1 Å². The molecule has 1 aromatic carbocycles. The van der Waals surface area contributed by atoms with Crippen molar-refractivity contribution in [3.05, 3.63) is 48.2 Å². The minimum absolute atomic E-state index is 0.0149. The summed E-state index contributed by atoms with van der Waals surface area (Å²) in [5, 5.41) is 6.33. The predicted molar refractivity (Wildman–Crippen MR) is 98.5 cm³/mol. The highest BCUT2D eigenvalue weighted by molar-refractivity contribution is 5.94. The molecule has 2 unspecified atom stereocenters. The Morgan fingerprint density at radius 1 is 1.23 bits per heavy atom. The van der Waals surface area contributed by atoms with Crippen LogP contribution >= 0.6 is 0 Å². The van der Waals surface area contributed by atoms with Gasteiger partial charge in [0.25, 0.3) is 0 Å². The Morgan fingerprint density at radius 3 is 2.73 bits per heavy atom. The minimum atomic E-state index is -0.249. The summed E-state index contributed by atoms with van der Waals surface area (Å²) in [7, 11) is 0. The van der Waals surface area contributed by atoms with Gasteiger partial charge in [-0.2, -0.15) is 0 Å². The van der Waals surface area contributed by atoms with Gasteiger partial charge in [0.15, 0.2) is 5.82 Å². The zero-order chi connectivity index (χ0) is 18.4. The number of hydrogen-bond acceptors (Lipinski definition) is 4. The molecule has 0 radical (unpaired) electrons. The zero-order valence-corrected chi connectivity index (χ0v) is 15.1. The molecule has 2 amide bonds. The normalized spacial score (nSPS) is 18.3. The highest BCUT2D eigenvalue weighted by Gasteiger charge is 2.45. The second-order valence-corrected chi connectivity index (χ2v) is 6.76. The van der Waals surface area contributed by atoms with Crippen molar-refractivity contribution in [2.24, 2.45) is 5.92 Å². The molecule has 26 heavy (non-hydrogen) atoms. The van der Waals surface area contributed by atoms with E-state index in [1.165, 1.54) is 11.8 Å². The fraction of sp³-hybridized carbons (Fsp3) is 0.450. The molecule has 1 aliphatic rings. The molecular formula is C20H25N3O3. The van der Waals surface area contributed by atoms with Gasteiger partial charge in [0.2, 0.25) is 11.8 Å².